The molecular weight excluding hydrogens is 372 g/mol. The molecule has 0 saturated carbocycles. The summed E-state index contributed by atoms with van der Waals surface area (Å²) in [6.07, 6.45) is 3.47. The van der Waals surface area contributed by atoms with Crippen molar-refractivity contribution >= 4 is 23.4 Å². The highest BCUT2D eigenvalue weighted by molar-refractivity contribution is 8.00. The summed E-state index contributed by atoms with van der Waals surface area (Å²) >= 11 is 1.50. The summed E-state index contributed by atoms with van der Waals surface area (Å²) in [4.78, 5) is 17.4. The number of anilines is 1. The van der Waals surface area contributed by atoms with Gasteiger partial charge in [-0.1, -0.05) is 23.8 Å². The van der Waals surface area contributed by atoms with Crippen molar-refractivity contribution in [3.8, 4) is 11.5 Å². The lowest BCUT2D eigenvalue weighted by Gasteiger charge is -2.13. The van der Waals surface area contributed by atoms with Crippen LogP contribution in [-0.4, -0.2) is 23.8 Å². The van der Waals surface area contributed by atoms with Crippen molar-refractivity contribution in [1.82, 2.24) is 4.98 Å². The van der Waals surface area contributed by atoms with Gasteiger partial charge < -0.3 is 14.8 Å². The number of nitrogens with one attached hydrogen (secondary N) is 1. The van der Waals surface area contributed by atoms with Crippen LogP contribution in [0.1, 0.15) is 11.1 Å². The van der Waals surface area contributed by atoms with Crippen molar-refractivity contribution in [2.75, 3.05) is 18.2 Å². The van der Waals surface area contributed by atoms with Gasteiger partial charge in [-0.05, 0) is 37.3 Å². The minimum Gasteiger partial charge on any atom is -0.493 e. The molecule has 0 radical (unpaired) electrons. The van der Waals surface area contributed by atoms with E-state index in [1.54, 1.807) is 37.7 Å². The van der Waals surface area contributed by atoms with E-state index < -0.39 is 0 Å². The van der Waals surface area contributed by atoms with E-state index in [0.29, 0.717) is 29.5 Å². The van der Waals surface area contributed by atoms with Gasteiger partial charge in [0.2, 0.25) is 5.91 Å². The highest BCUT2D eigenvalue weighted by Crippen LogP contribution is 2.31. The average Bonchev–Trinajstić information content (AvgIpc) is 2.73. The van der Waals surface area contributed by atoms with Crippen molar-refractivity contribution in [3.63, 3.8) is 0 Å². The van der Waals surface area contributed by atoms with Crippen LogP contribution in [0.3, 0.4) is 0 Å². The fourth-order valence-corrected chi connectivity index (χ4v) is 3.19. The molecule has 1 N–H and O–H groups in total. The quantitative estimate of drug-likeness (QED) is 0.561. The molecule has 1 heterocycles. The molecule has 2 aromatic carbocycles. The molecule has 0 fully saturated rings. The third kappa shape index (κ3) is 5.76. The number of rotatable bonds is 8. The van der Waals surface area contributed by atoms with Gasteiger partial charge in [0.05, 0.1) is 12.9 Å². The molecule has 1 aromatic heterocycles. The van der Waals surface area contributed by atoms with Gasteiger partial charge in [0.25, 0.3) is 0 Å². The standard InChI is InChI=1S/C22H22N2O3S/c1-16-5-8-19(9-6-16)28-15-22(25)24-18-7-10-20(26-2)21(12-18)27-14-17-4-3-11-23-13-17/h3-13H,14-15H2,1-2H3,(H,24,25). The van der Waals surface area contributed by atoms with Crippen LogP contribution in [0.15, 0.2) is 71.9 Å². The summed E-state index contributed by atoms with van der Waals surface area (Å²) in [5.41, 5.74) is 2.82. The molecule has 28 heavy (non-hydrogen) atoms. The Hall–Kier alpha value is -2.99. The zero-order valence-electron chi connectivity index (χ0n) is 15.8. The molecule has 1 amide bonds. The van der Waals surface area contributed by atoms with Crippen molar-refractivity contribution in [2.45, 2.75) is 18.4 Å². The number of carbonyl (C=O) groups excluding carboxylic acids is 1. The highest BCUT2D eigenvalue weighted by atomic mass is 32.2. The molecule has 0 spiro atoms. The fraction of sp³-hybridized carbons (Fsp3) is 0.182. The van der Waals surface area contributed by atoms with E-state index in [1.165, 1.54) is 17.3 Å². The summed E-state index contributed by atoms with van der Waals surface area (Å²) < 4.78 is 11.2. The molecule has 0 aliphatic rings. The summed E-state index contributed by atoms with van der Waals surface area (Å²) in [6.45, 7) is 2.41. The van der Waals surface area contributed by atoms with Crippen LogP contribution in [0.4, 0.5) is 5.69 Å². The molecule has 3 aromatic rings. The molecule has 0 atom stereocenters. The Bertz CT molecular complexity index is 915. The van der Waals surface area contributed by atoms with Crippen LogP contribution < -0.4 is 14.8 Å². The Morgan fingerprint density at radius 2 is 1.93 bits per heavy atom. The zero-order chi connectivity index (χ0) is 19.8. The molecule has 6 heteroatoms. The number of pyridine rings is 1. The van der Waals surface area contributed by atoms with E-state index >= 15 is 0 Å². The zero-order valence-corrected chi connectivity index (χ0v) is 16.7. The first-order valence-corrected chi connectivity index (χ1v) is 9.81. The monoisotopic (exact) mass is 394 g/mol. The average molecular weight is 394 g/mol. The van der Waals surface area contributed by atoms with Gasteiger partial charge in [0, 0.05) is 34.6 Å². The van der Waals surface area contributed by atoms with E-state index in [4.69, 9.17) is 9.47 Å². The van der Waals surface area contributed by atoms with Gasteiger partial charge in [0.1, 0.15) is 6.61 Å². The number of aryl methyl sites for hydroxylation is 1. The second-order valence-electron chi connectivity index (χ2n) is 6.17. The Kier molecular flexibility index (Phi) is 6.92. The van der Waals surface area contributed by atoms with Crippen LogP contribution in [0.5, 0.6) is 11.5 Å². The molecule has 3 rings (SSSR count). The van der Waals surface area contributed by atoms with Crippen molar-refractivity contribution < 1.29 is 14.3 Å². The molecule has 0 unspecified atom stereocenters. The molecular formula is C22H22N2O3S. The number of benzene rings is 2. The summed E-state index contributed by atoms with van der Waals surface area (Å²) in [6, 6.07) is 17.3. The van der Waals surface area contributed by atoms with Crippen LogP contribution in [-0.2, 0) is 11.4 Å². The Morgan fingerprint density at radius 1 is 1.11 bits per heavy atom. The third-order valence-corrected chi connectivity index (χ3v) is 4.97. The Balaban J connectivity index is 1.60. The second kappa shape index (κ2) is 9.80. The molecule has 0 aliphatic heterocycles. The lowest BCUT2D eigenvalue weighted by Crippen LogP contribution is -2.14. The fourth-order valence-electron chi connectivity index (χ4n) is 2.49. The maximum atomic E-state index is 12.3. The van der Waals surface area contributed by atoms with Crippen LogP contribution in [0.25, 0.3) is 0 Å². The molecule has 0 saturated heterocycles. The Labute approximate surface area is 169 Å². The topological polar surface area (TPSA) is 60.5 Å². The number of carbonyl (C=O) groups is 1. The predicted octanol–water partition coefficient (Wildman–Crippen LogP) is 4.71. The van der Waals surface area contributed by atoms with Crippen molar-refractivity contribution in [1.29, 1.82) is 0 Å². The molecule has 144 valence electrons. The van der Waals surface area contributed by atoms with Gasteiger partial charge in [-0.2, -0.15) is 0 Å². The lowest BCUT2D eigenvalue weighted by molar-refractivity contribution is -0.113. The second-order valence-corrected chi connectivity index (χ2v) is 7.21. The number of hydrogen-bond acceptors (Lipinski definition) is 5. The van der Waals surface area contributed by atoms with Crippen LogP contribution in [0, 0.1) is 6.92 Å². The lowest BCUT2D eigenvalue weighted by atomic mass is 10.2. The number of aromatic nitrogens is 1. The molecule has 0 bridgehead atoms. The smallest absolute Gasteiger partial charge is 0.234 e. The highest BCUT2D eigenvalue weighted by Gasteiger charge is 2.09. The predicted molar refractivity (Wildman–Crippen MR) is 112 cm³/mol. The van der Waals surface area contributed by atoms with Gasteiger partial charge in [-0.15, -0.1) is 11.8 Å². The van der Waals surface area contributed by atoms with Gasteiger partial charge in [-0.25, -0.2) is 0 Å². The maximum absolute atomic E-state index is 12.3. The summed E-state index contributed by atoms with van der Waals surface area (Å²) in [7, 11) is 1.59. The van der Waals surface area contributed by atoms with E-state index in [0.717, 1.165) is 10.5 Å². The number of nitrogens with zero attached hydrogens (tertiary/aromatic N) is 1. The van der Waals surface area contributed by atoms with E-state index in [2.05, 4.69) is 10.3 Å². The number of ether oxygens (including phenoxy) is 2. The van der Waals surface area contributed by atoms with Crippen molar-refractivity contribution in [2.24, 2.45) is 0 Å². The minimum atomic E-state index is -0.0750. The van der Waals surface area contributed by atoms with E-state index in [1.807, 2.05) is 43.3 Å². The third-order valence-electron chi connectivity index (χ3n) is 3.96. The first-order chi connectivity index (χ1) is 13.6. The number of amides is 1. The first-order valence-electron chi connectivity index (χ1n) is 8.83. The largest absolute Gasteiger partial charge is 0.493 e. The van der Waals surface area contributed by atoms with E-state index in [-0.39, 0.29) is 5.91 Å². The van der Waals surface area contributed by atoms with Crippen LogP contribution in [0.2, 0.25) is 0 Å². The van der Waals surface area contributed by atoms with Gasteiger partial charge >= 0.3 is 0 Å². The number of methoxy groups -OCH3 is 1. The minimum absolute atomic E-state index is 0.0750. The summed E-state index contributed by atoms with van der Waals surface area (Å²) in [5.74, 6) is 1.43. The normalized spacial score (nSPS) is 10.4. The number of hydrogen-bond donors (Lipinski definition) is 1. The maximum Gasteiger partial charge on any atom is 0.234 e. The summed E-state index contributed by atoms with van der Waals surface area (Å²) in [5, 5.41) is 2.91. The Morgan fingerprint density at radius 3 is 2.64 bits per heavy atom. The first kappa shape index (κ1) is 19.8. The van der Waals surface area contributed by atoms with Crippen molar-refractivity contribution in [3.05, 3.63) is 78.1 Å². The van der Waals surface area contributed by atoms with Gasteiger partial charge in [0.15, 0.2) is 11.5 Å². The number of thioether (sulfide) groups is 1. The molecule has 5 nitrogen and oxygen atoms in total. The van der Waals surface area contributed by atoms with E-state index in [9.17, 15) is 4.79 Å². The van der Waals surface area contributed by atoms with Gasteiger partial charge in [-0.3, -0.25) is 9.78 Å². The molecule has 0 aliphatic carbocycles. The SMILES string of the molecule is COc1ccc(NC(=O)CSc2ccc(C)cc2)cc1OCc1cccnc1. The van der Waals surface area contributed by atoms with Crippen LogP contribution >= 0.6 is 11.8 Å².